The third-order valence-electron chi connectivity index (χ3n) is 2.30. The van der Waals surface area contributed by atoms with Gasteiger partial charge in [0.05, 0.1) is 5.56 Å². The monoisotopic (exact) mass is 293 g/mol. The van der Waals surface area contributed by atoms with Gasteiger partial charge in [-0.3, -0.25) is 9.78 Å². The van der Waals surface area contributed by atoms with E-state index in [2.05, 4.69) is 24.1 Å². The molecule has 1 heterocycles. The molecule has 0 spiro atoms. The molecule has 0 bridgehead atoms. The lowest BCUT2D eigenvalue weighted by Gasteiger charge is -2.18. The smallest absolute Gasteiger partial charge is 0.253 e. The maximum Gasteiger partial charge on any atom is 0.253 e. The van der Waals surface area contributed by atoms with Gasteiger partial charge in [0.2, 0.25) is 0 Å². The lowest BCUT2D eigenvalue weighted by atomic mass is 10.0. The number of nitrogens with zero attached hydrogens (tertiary/aromatic N) is 1. The molecule has 0 aliphatic carbocycles. The van der Waals surface area contributed by atoms with Crippen molar-refractivity contribution in [1.29, 1.82) is 0 Å². The second kappa shape index (κ2) is 10.1. The van der Waals surface area contributed by atoms with Crippen molar-refractivity contribution in [1.82, 2.24) is 10.3 Å². The summed E-state index contributed by atoms with van der Waals surface area (Å²) in [6.45, 7) is 4.68. The zero-order chi connectivity index (χ0) is 12.0. The molecule has 1 amide bonds. The first-order chi connectivity index (χ1) is 7.63. The molecule has 0 aliphatic rings. The number of halogens is 2. The van der Waals surface area contributed by atoms with E-state index in [0.717, 1.165) is 6.42 Å². The van der Waals surface area contributed by atoms with E-state index in [1.165, 1.54) is 0 Å². The summed E-state index contributed by atoms with van der Waals surface area (Å²) in [5, 5.41) is 2.91. The van der Waals surface area contributed by atoms with Crippen LogP contribution in [0.1, 0.15) is 30.6 Å². The number of hydrogen-bond acceptors (Lipinski definition) is 3. The highest BCUT2D eigenvalue weighted by atomic mass is 35.5. The van der Waals surface area contributed by atoms with Crippen LogP contribution in [0.15, 0.2) is 24.5 Å². The minimum Gasteiger partial charge on any atom is -0.348 e. The average Bonchev–Trinajstić information content (AvgIpc) is 2.28. The molecule has 3 N–H and O–H groups in total. The number of hydrogen-bond donors (Lipinski definition) is 2. The van der Waals surface area contributed by atoms with Crippen molar-refractivity contribution in [3.63, 3.8) is 0 Å². The number of nitrogens with one attached hydrogen (secondary N) is 1. The molecule has 0 aliphatic heterocycles. The molecule has 4 nitrogen and oxygen atoms in total. The number of carbonyl (C=O) groups is 1. The molecule has 104 valence electrons. The minimum absolute atomic E-state index is 0. The second-order valence-electron chi connectivity index (χ2n) is 4.28. The van der Waals surface area contributed by atoms with Gasteiger partial charge in [0.1, 0.15) is 0 Å². The summed E-state index contributed by atoms with van der Waals surface area (Å²) in [7, 11) is 0. The van der Waals surface area contributed by atoms with Crippen LogP contribution in [0.2, 0.25) is 0 Å². The van der Waals surface area contributed by atoms with Crippen LogP contribution in [0.3, 0.4) is 0 Å². The number of nitrogens with two attached hydrogens (primary N) is 1. The quantitative estimate of drug-likeness (QED) is 0.873. The van der Waals surface area contributed by atoms with E-state index >= 15 is 0 Å². The maximum absolute atomic E-state index is 11.8. The summed E-state index contributed by atoms with van der Waals surface area (Å²) in [5.41, 5.74) is 6.19. The Bertz CT molecular complexity index is 333. The van der Waals surface area contributed by atoms with E-state index in [1.807, 2.05) is 0 Å². The van der Waals surface area contributed by atoms with Crippen molar-refractivity contribution in [2.75, 3.05) is 6.54 Å². The van der Waals surface area contributed by atoms with Gasteiger partial charge in [0.15, 0.2) is 0 Å². The first-order valence-corrected chi connectivity index (χ1v) is 5.54. The zero-order valence-electron chi connectivity index (χ0n) is 10.6. The van der Waals surface area contributed by atoms with Crippen LogP contribution in [0.25, 0.3) is 0 Å². The normalized spacial score (nSPS) is 11.1. The Morgan fingerprint density at radius 1 is 1.44 bits per heavy atom. The van der Waals surface area contributed by atoms with Crippen molar-refractivity contribution in [2.45, 2.75) is 26.3 Å². The highest BCUT2D eigenvalue weighted by Crippen LogP contribution is 2.05. The largest absolute Gasteiger partial charge is 0.348 e. The third kappa shape index (κ3) is 6.79. The van der Waals surface area contributed by atoms with E-state index in [1.54, 1.807) is 24.5 Å². The SMILES string of the molecule is CC(C)CC(CN)NC(=O)c1cccnc1.Cl.Cl. The van der Waals surface area contributed by atoms with Crippen molar-refractivity contribution in [3.05, 3.63) is 30.1 Å². The Morgan fingerprint density at radius 3 is 2.56 bits per heavy atom. The second-order valence-corrected chi connectivity index (χ2v) is 4.28. The molecule has 1 aromatic rings. The highest BCUT2D eigenvalue weighted by Gasteiger charge is 2.13. The molecular formula is C12H21Cl2N3O. The van der Waals surface area contributed by atoms with E-state index in [4.69, 9.17) is 5.73 Å². The Balaban J connectivity index is 0. The fourth-order valence-corrected chi connectivity index (χ4v) is 1.55. The van der Waals surface area contributed by atoms with Crippen LogP contribution in [-0.4, -0.2) is 23.5 Å². The van der Waals surface area contributed by atoms with Gasteiger partial charge < -0.3 is 11.1 Å². The van der Waals surface area contributed by atoms with E-state index in [9.17, 15) is 4.79 Å². The predicted octanol–water partition coefficient (Wildman–Crippen LogP) is 2.03. The Labute approximate surface area is 121 Å². The van der Waals surface area contributed by atoms with Crippen molar-refractivity contribution >= 4 is 30.7 Å². The maximum atomic E-state index is 11.8. The molecule has 0 saturated heterocycles. The lowest BCUT2D eigenvalue weighted by Crippen LogP contribution is -2.41. The third-order valence-corrected chi connectivity index (χ3v) is 2.30. The topological polar surface area (TPSA) is 68.0 Å². The van der Waals surface area contributed by atoms with Gasteiger partial charge in [-0.1, -0.05) is 13.8 Å². The van der Waals surface area contributed by atoms with E-state index in [-0.39, 0.29) is 36.8 Å². The molecule has 0 fully saturated rings. The van der Waals surface area contributed by atoms with Gasteiger partial charge in [0.25, 0.3) is 5.91 Å². The molecule has 18 heavy (non-hydrogen) atoms. The van der Waals surface area contributed by atoms with Gasteiger partial charge in [-0.15, -0.1) is 24.8 Å². The molecule has 0 aromatic carbocycles. The van der Waals surface area contributed by atoms with Crippen LogP contribution in [0.4, 0.5) is 0 Å². The molecule has 6 heteroatoms. The number of carbonyl (C=O) groups excluding carboxylic acids is 1. The van der Waals surface area contributed by atoms with E-state index < -0.39 is 0 Å². The summed E-state index contributed by atoms with van der Waals surface area (Å²) >= 11 is 0. The van der Waals surface area contributed by atoms with Crippen molar-refractivity contribution < 1.29 is 4.79 Å². The van der Waals surface area contributed by atoms with Crippen LogP contribution in [-0.2, 0) is 0 Å². The van der Waals surface area contributed by atoms with Gasteiger partial charge in [-0.05, 0) is 24.5 Å². The van der Waals surface area contributed by atoms with Gasteiger partial charge in [0, 0.05) is 25.0 Å². The standard InChI is InChI=1S/C12H19N3O.2ClH/c1-9(2)6-11(7-13)15-12(16)10-4-3-5-14-8-10;;/h3-5,8-9,11H,6-7,13H2,1-2H3,(H,15,16);2*1H. The Hall–Kier alpha value is -0.840. The summed E-state index contributed by atoms with van der Waals surface area (Å²) in [5.74, 6) is 0.409. The van der Waals surface area contributed by atoms with E-state index in [0.29, 0.717) is 18.0 Å². The van der Waals surface area contributed by atoms with Gasteiger partial charge in [-0.25, -0.2) is 0 Å². The van der Waals surface area contributed by atoms with Crippen molar-refractivity contribution in [3.8, 4) is 0 Å². The molecule has 0 saturated carbocycles. The number of aromatic nitrogens is 1. The fraction of sp³-hybridized carbons (Fsp3) is 0.500. The number of rotatable bonds is 5. The Morgan fingerprint density at radius 2 is 2.11 bits per heavy atom. The van der Waals surface area contributed by atoms with Crippen LogP contribution < -0.4 is 11.1 Å². The fourth-order valence-electron chi connectivity index (χ4n) is 1.55. The molecule has 1 unspecified atom stereocenters. The zero-order valence-corrected chi connectivity index (χ0v) is 12.3. The molecular weight excluding hydrogens is 273 g/mol. The minimum atomic E-state index is -0.107. The lowest BCUT2D eigenvalue weighted by molar-refractivity contribution is 0.0933. The summed E-state index contributed by atoms with van der Waals surface area (Å²) in [6.07, 6.45) is 4.09. The first kappa shape index (κ1) is 19.5. The average molecular weight is 294 g/mol. The summed E-state index contributed by atoms with van der Waals surface area (Å²) in [4.78, 5) is 15.7. The first-order valence-electron chi connectivity index (χ1n) is 5.54. The molecule has 0 radical (unpaired) electrons. The van der Waals surface area contributed by atoms with Crippen molar-refractivity contribution in [2.24, 2.45) is 11.7 Å². The highest BCUT2D eigenvalue weighted by molar-refractivity contribution is 5.94. The van der Waals surface area contributed by atoms with Crippen LogP contribution in [0, 0.1) is 5.92 Å². The molecule has 1 rings (SSSR count). The van der Waals surface area contributed by atoms with Gasteiger partial charge >= 0.3 is 0 Å². The summed E-state index contributed by atoms with van der Waals surface area (Å²) < 4.78 is 0. The van der Waals surface area contributed by atoms with Gasteiger partial charge in [-0.2, -0.15) is 0 Å². The van der Waals surface area contributed by atoms with Crippen LogP contribution >= 0.6 is 24.8 Å². The number of amides is 1. The predicted molar refractivity (Wildman–Crippen MR) is 78.5 cm³/mol. The number of pyridine rings is 1. The summed E-state index contributed by atoms with van der Waals surface area (Å²) in [6, 6.07) is 3.52. The molecule has 1 aromatic heterocycles. The Kier molecular flexibility index (Phi) is 11.0. The molecule has 1 atom stereocenters. The van der Waals surface area contributed by atoms with Crippen LogP contribution in [0.5, 0.6) is 0 Å².